The summed E-state index contributed by atoms with van der Waals surface area (Å²) in [5.74, 6) is 0. The number of hydrogen-bond acceptors (Lipinski definition) is 5. The van der Waals surface area contributed by atoms with Gasteiger partial charge in [0.25, 0.3) is 0 Å². The highest BCUT2D eigenvalue weighted by atomic mass is 16.3. The van der Waals surface area contributed by atoms with Gasteiger partial charge in [-0.15, -0.1) is 0 Å². The number of para-hydroxylation sites is 1. The normalized spacial score (nSPS) is 17.4. The summed E-state index contributed by atoms with van der Waals surface area (Å²) in [6.07, 6.45) is -15.4. The van der Waals surface area contributed by atoms with E-state index in [0.29, 0.717) is 22.5 Å². The van der Waals surface area contributed by atoms with Crippen LogP contribution >= 0.6 is 0 Å². The van der Waals surface area contributed by atoms with Crippen LogP contribution in [0, 0.1) is 18.2 Å². The molecule has 0 saturated carbocycles. The number of pyridine rings is 3. The SMILES string of the molecule is [2H]c1c([2H])c([2H])c(-c2c(C#N)c(C([2H])([2H])[2H])cc3c2oc2c(-c4ccc(C([2H])([2H])C([2H])([2H])c5cc(C([2H])([2H])C([2H])([2H])c6ccc(-c7ccccc7)nc6)cc(C([2H])([2H])C([2H])([2H])c6ccc(-c7ccccc7)nc6)c5)cn4)cccc23)c([2H])c1[2H]. The molecule has 4 heterocycles. The van der Waals surface area contributed by atoms with E-state index in [1.807, 2.05) is 6.07 Å². The summed E-state index contributed by atoms with van der Waals surface area (Å²) < 4.78 is 187. The molecule has 0 bridgehead atoms. The molecular formula is C59H46N4O. The zero-order chi connectivity index (χ0) is 60.9. The maximum absolute atomic E-state index is 10.5. The number of nitrogens with zero attached hydrogens (tertiary/aromatic N) is 4. The van der Waals surface area contributed by atoms with Crippen molar-refractivity contribution < 1.29 is 31.8 Å². The molecule has 0 N–H and O–H groups in total. The summed E-state index contributed by atoms with van der Waals surface area (Å²) in [5.41, 5.74) is -2.25. The summed E-state index contributed by atoms with van der Waals surface area (Å²) >= 11 is 0. The first kappa shape index (κ1) is 23.5. The van der Waals surface area contributed by atoms with Crippen molar-refractivity contribution in [1.82, 2.24) is 15.0 Å². The summed E-state index contributed by atoms with van der Waals surface area (Å²) in [6.45, 7) is -2.94. The lowest BCUT2D eigenvalue weighted by molar-refractivity contribution is 0.670. The Morgan fingerprint density at radius 3 is 1.52 bits per heavy atom. The number of aromatic nitrogens is 3. The number of aryl methyl sites for hydroxylation is 7. The molecule has 0 spiro atoms. The third-order valence-corrected chi connectivity index (χ3v) is 10.3. The van der Waals surface area contributed by atoms with E-state index in [-0.39, 0.29) is 49.9 Å². The lowest BCUT2D eigenvalue weighted by atomic mass is 9.93. The predicted molar refractivity (Wildman–Crippen MR) is 260 cm³/mol. The molecule has 0 fully saturated rings. The maximum Gasteiger partial charge on any atom is 0.144 e. The fraction of sp³-hybridized carbons (Fsp3) is 0.119. The Morgan fingerprint density at radius 1 is 0.516 bits per heavy atom. The van der Waals surface area contributed by atoms with E-state index in [4.69, 9.17) is 15.4 Å². The van der Waals surface area contributed by atoms with E-state index >= 15 is 0 Å². The van der Waals surface area contributed by atoms with Gasteiger partial charge < -0.3 is 4.42 Å². The van der Waals surface area contributed by atoms with E-state index < -0.39 is 114 Å². The quantitative estimate of drug-likeness (QED) is 0.116. The van der Waals surface area contributed by atoms with Gasteiger partial charge in [-0.05, 0) is 120 Å². The van der Waals surface area contributed by atoms with Crippen LogP contribution in [0.25, 0.3) is 66.8 Å². The number of rotatable bonds is 13. The molecule has 308 valence electrons. The van der Waals surface area contributed by atoms with Crippen LogP contribution in [0.3, 0.4) is 0 Å². The van der Waals surface area contributed by atoms with Crippen molar-refractivity contribution >= 4 is 21.9 Å². The topological polar surface area (TPSA) is 75.6 Å². The minimum Gasteiger partial charge on any atom is -0.455 e. The Bertz CT molecular complexity index is 4090. The lowest BCUT2D eigenvalue weighted by Gasteiger charge is -2.12. The fourth-order valence-electron chi connectivity index (χ4n) is 7.26. The number of furan rings is 1. The molecule has 0 radical (unpaired) electrons. The van der Waals surface area contributed by atoms with E-state index in [1.165, 1.54) is 42.5 Å². The Morgan fingerprint density at radius 2 is 1.03 bits per heavy atom. The molecule has 0 atom stereocenters. The predicted octanol–water partition coefficient (Wildman–Crippen LogP) is 14.0. The van der Waals surface area contributed by atoms with Gasteiger partial charge in [-0.2, -0.15) is 5.26 Å². The minimum atomic E-state index is -3.26. The second-order valence-electron chi connectivity index (χ2n) is 14.5. The van der Waals surface area contributed by atoms with Crippen molar-refractivity contribution in [2.24, 2.45) is 0 Å². The van der Waals surface area contributed by atoms with Crippen LogP contribution in [0.5, 0.6) is 0 Å². The second kappa shape index (κ2) is 18.2. The van der Waals surface area contributed by atoms with Crippen molar-refractivity contribution in [2.75, 3.05) is 0 Å². The highest BCUT2D eigenvalue weighted by Crippen LogP contribution is 2.42. The minimum absolute atomic E-state index is 0.0322. The van der Waals surface area contributed by atoms with Crippen LogP contribution in [-0.2, 0) is 38.2 Å². The standard InChI is InChI=1S/C59H46N4O/c1-40-32-52-50-18-11-19-51(58(50)64-59(52)57(53(40)36-60)49-16-9-4-10-17-49)56-31-28-43(39-63-56)22-25-46-34-44(23-20-41-26-29-54(61-37-41)47-12-5-2-6-13-47)33-45(35-46)24-21-42-27-30-55(62-38-42)48-14-7-3-8-15-48/h2-19,26-35,37-39H,20-25H2,1H3/i1D3,4D,9D,10D,16D,17D,20D2,21D2,22D2,23D2,24D2,25D2. The molecule has 10 rings (SSSR count). The molecule has 10 aromatic rings. The Labute approximate surface area is 402 Å². The zero-order valence-corrected chi connectivity index (χ0v) is 33.7. The van der Waals surface area contributed by atoms with Crippen LogP contribution in [0.15, 0.2) is 193 Å². The van der Waals surface area contributed by atoms with Gasteiger partial charge in [0, 0.05) is 72.2 Å². The molecule has 0 aliphatic carbocycles. The van der Waals surface area contributed by atoms with E-state index in [9.17, 15) is 21.7 Å². The van der Waals surface area contributed by atoms with Gasteiger partial charge in [0.2, 0.25) is 0 Å². The summed E-state index contributed by atoms with van der Waals surface area (Å²) in [5, 5.41) is 10.8. The highest BCUT2D eigenvalue weighted by Gasteiger charge is 2.21. The summed E-state index contributed by atoms with van der Waals surface area (Å²) in [7, 11) is 0. The van der Waals surface area contributed by atoms with Crippen LogP contribution in [0.1, 0.15) is 71.9 Å². The second-order valence-corrected chi connectivity index (χ2v) is 14.5. The van der Waals surface area contributed by atoms with E-state index in [2.05, 4.69) is 15.0 Å². The molecule has 5 nitrogen and oxygen atoms in total. The number of hydrogen-bond donors (Lipinski definition) is 0. The number of benzene rings is 6. The monoisotopic (exact) mass is 846 g/mol. The third kappa shape index (κ3) is 8.60. The molecule has 0 aliphatic heterocycles. The molecule has 4 aromatic heterocycles. The third-order valence-electron chi connectivity index (χ3n) is 10.3. The molecular weight excluding hydrogens is 781 g/mol. The molecule has 0 unspecified atom stereocenters. The van der Waals surface area contributed by atoms with E-state index in [1.54, 1.807) is 78.9 Å². The molecule has 64 heavy (non-hydrogen) atoms. The van der Waals surface area contributed by atoms with Gasteiger partial charge in [-0.25, -0.2) is 0 Å². The molecule has 6 aromatic carbocycles. The Hall–Kier alpha value is -7.94. The van der Waals surface area contributed by atoms with Gasteiger partial charge >= 0.3 is 0 Å². The van der Waals surface area contributed by atoms with Gasteiger partial charge in [0.1, 0.15) is 17.2 Å². The number of fused-ring (bicyclic) bond motifs is 3. The fourth-order valence-corrected chi connectivity index (χ4v) is 7.26. The number of nitriles is 1. The Balaban J connectivity index is 1.08. The first-order chi connectivity index (χ1) is 39.4. The van der Waals surface area contributed by atoms with Crippen molar-refractivity contribution in [2.45, 2.75) is 45.1 Å². The lowest BCUT2D eigenvalue weighted by Crippen LogP contribution is -2.00. The molecule has 5 heteroatoms. The van der Waals surface area contributed by atoms with E-state index in [0.717, 1.165) is 36.8 Å². The summed E-state index contributed by atoms with van der Waals surface area (Å²) in [6, 6.07) is 32.9. The van der Waals surface area contributed by atoms with Crippen molar-refractivity contribution in [3.05, 3.63) is 233 Å². The molecule has 0 aliphatic rings. The van der Waals surface area contributed by atoms with Gasteiger partial charge in [0.15, 0.2) is 0 Å². The average molecular weight is 847 g/mol. The van der Waals surface area contributed by atoms with Gasteiger partial charge in [-0.1, -0.05) is 139 Å². The summed E-state index contributed by atoms with van der Waals surface area (Å²) in [4.78, 5) is 13.3. The first-order valence-electron chi connectivity index (χ1n) is 30.1. The molecule has 0 saturated heterocycles. The average Bonchev–Trinajstić information content (AvgIpc) is 1.34. The van der Waals surface area contributed by atoms with Crippen molar-refractivity contribution in [3.8, 4) is 51.0 Å². The van der Waals surface area contributed by atoms with Crippen molar-refractivity contribution in [3.63, 3.8) is 0 Å². The highest BCUT2D eigenvalue weighted by molar-refractivity contribution is 6.14. The largest absolute Gasteiger partial charge is 0.455 e. The maximum atomic E-state index is 10.5. The van der Waals surface area contributed by atoms with Crippen LogP contribution in [0.4, 0.5) is 0 Å². The van der Waals surface area contributed by atoms with Gasteiger partial charge in [0.05, 0.1) is 29.5 Å². The van der Waals surface area contributed by atoms with Crippen LogP contribution in [-0.4, -0.2) is 15.0 Å². The van der Waals surface area contributed by atoms with Crippen molar-refractivity contribution in [1.29, 1.82) is 5.26 Å². The Kier molecular flexibility index (Phi) is 6.68. The van der Waals surface area contributed by atoms with Crippen LogP contribution in [0.2, 0.25) is 0 Å². The molecule has 0 amide bonds. The van der Waals surface area contributed by atoms with Crippen LogP contribution < -0.4 is 0 Å². The van der Waals surface area contributed by atoms with Gasteiger partial charge in [-0.3, -0.25) is 15.0 Å². The smallest absolute Gasteiger partial charge is 0.144 e. The first-order valence-corrected chi connectivity index (χ1v) is 20.1. The zero-order valence-electron chi connectivity index (χ0n) is 53.7.